The third kappa shape index (κ3) is 5.26. The fourth-order valence-electron chi connectivity index (χ4n) is 3.70. The zero-order valence-electron chi connectivity index (χ0n) is 23.2. The monoisotopic (exact) mass is 648 g/mol. The summed E-state index contributed by atoms with van der Waals surface area (Å²) in [5.74, 6) is 0. The largest absolute Gasteiger partial charge is 0.501 e. The molecule has 177 valence electrons. The first-order chi connectivity index (χ1) is 18.7. The number of aryl methyl sites for hydroxylation is 2. The van der Waals surface area contributed by atoms with Crippen LogP contribution in [0.25, 0.3) is 44.5 Å². The van der Waals surface area contributed by atoms with Crippen molar-refractivity contribution in [2.75, 3.05) is 0 Å². The third-order valence-electron chi connectivity index (χ3n) is 5.42. The summed E-state index contributed by atoms with van der Waals surface area (Å²) in [4.78, 5) is 8.51. The average Bonchev–Trinajstić information content (AvgIpc) is 3.32. The van der Waals surface area contributed by atoms with Crippen molar-refractivity contribution >= 4 is 21.9 Å². The van der Waals surface area contributed by atoms with Crippen molar-refractivity contribution in [1.29, 1.82) is 5.26 Å². The van der Waals surface area contributed by atoms with E-state index in [1.54, 1.807) is 18.2 Å². The average molecular weight is 648 g/mol. The smallest absolute Gasteiger partial charge is 0.122 e. The van der Waals surface area contributed by atoms with E-state index in [4.69, 9.17) is 15.2 Å². The minimum atomic E-state index is -2.40. The maximum absolute atomic E-state index is 9.06. The first kappa shape index (κ1) is 20.1. The quantitative estimate of drug-likeness (QED) is 0.183. The van der Waals surface area contributed by atoms with Crippen molar-refractivity contribution in [3.63, 3.8) is 0 Å². The summed E-state index contributed by atoms with van der Waals surface area (Å²) in [6.45, 7) is -0.371. The molecule has 0 aliphatic carbocycles. The van der Waals surface area contributed by atoms with Crippen LogP contribution in [0, 0.1) is 37.2 Å². The Balaban J connectivity index is 0.000000223. The van der Waals surface area contributed by atoms with Crippen molar-refractivity contribution in [1.82, 2.24) is 9.97 Å². The molecule has 0 unspecified atom stereocenters. The number of nitrogens with zero attached hydrogens (tertiary/aromatic N) is 3. The molecular formula is C31H21IrN3O-2. The Bertz CT molecular complexity index is 1830. The van der Waals surface area contributed by atoms with Crippen LogP contribution < -0.4 is 0 Å². The molecule has 0 fully saturated rings. The number of hydrogen-bond acceptors (Lipinski definition) is 4. The van der Waals surface area contributed by atoms with Crippen molar-refractivity contribution in [3.05, 3.63) is 120 Å². The van der Waals surface area contributed by atoms with E-state index in [-0.39, 0.29) is 31.7 Å². The van der Waals surface area contributed by atoms with Gasteiger partial charge in [0.2, 0.25) is 0 Å². The molecule has 6 rings (SSSR count). The molecule has 5 heteroatoms. The molecule has 3 aromatic heterocycles. The zero-order valence-corrected chi connectivity index (χ0v) is 21.6. The first-order valence-electron chi connectivity index (χ1n) is 12.9. The molecule has 4 nitrogen and oxygen atoms in total. The molecule has 0 aliphatic heterocycles. The summed E-state index contributed by atoms with van der Waals surface area (Å²) in [5.41, 5.74) is 5.58. The SMILES string of the molecule is Cc1ccc(-c2[c-]cccc2)nc1.[2H]c1cnc(-c2[c-]ccc3c2oc2cc(C#N)ccc23)cc1C([2H])([2H])[2H].[Ir]. The fourth-order valence-corrected chi connectivity index (χ4v) is 3.70. The van der Waals surface area contributed by atoms with Crippen LogP contribution in [0.5, 0.6) is 0 Å². The van der Waals surface area contributed by atoms with Gasteiger partial charge >= 0.3 is 0 Å². The van der Waals surface area contributed by atoms with Crippen LogP contribution in [-0.2, 0) is 20.1 Å². The molecule has 3 aromatic carbocycles. The van der Waals surface area contributed by atoms with Crippen LogP contribution in [-0.4, -0.2) is 9.97 Å². The number of aromatic nitrogens is 2. The van der Waals surface area contributed by atoms with Crippen LogP contribution in [0.15, 0.2) is 95.6 Å². The van der Waals surface area contributed by atoms with Crippen molar-refractivity contribution in [3.8, 4) is 28.6 Å². The van der Waals surface area contributed by atoms with E-state index in [1.807, 2.05) is 55.6 Å². The summed E-state index contributed by atoms with van der Waals surface area (Å²) >= 11 is 0. The van der Waals surface area contributed by atoms with E-state index >= 15 is 0 Å². The molecule has 6 aromatic rings. The Kier molecular flexibility index (Phi) is 6.20. The Morgan fingerprint density at radius 2 is 1.86 bits per heavy atom. The fraction of sp³-hybridized carbons (Fsp3) is 0.0645. The van der Waals surface area contributed by atoms with Gasteiger partial charge in [-0.1, -0.05) is 40.8 Å². The second-order valence-corrected chi connectivity index (χ2v) is 7.86. The standard InChI is InChI=1S/C19H11N2O.C12H10N.Ir/c1-12-7-8-21-17(9-12)16-4-2-3-15-14-6-5-13(11-20)10-18(14)22-19(15)16;1-10-7-8-12(13-9-10)11-5-3-2-4-6-11;/h2-3,5-10H,1H3;2-5,7-9H,1H3;/q2*-1;/i1D3,7D;;. The van der Waals surface area contributed by atoms with Crippen molar-refractivity contribution in [2.45, 2.75) is 13.8 Å². The molecule has 0 spiro atoms. The summed E-state index contributed by atoms with van der Waals surface area (Å²) in [6.07, 6.45) is 3.09. The predicted octanol–water partition coefficient (Wildman–Crippen LogP) is 7.48. The van der Waals surface area contributed by atoms with Gasteiger partial charge in [-0.15, -0.1) is 54.1 Å². The van der Waals surface area contributed by atoms with E-state index in [2.05, 4.69) is 34.2 Å². The van der Waals surface area contributed by atoms with E-state index in [0.717, 1.165) is 22.0 Å². The third-order valence-corrected chi connectivity index (χ3v) is 5.42. The molecule has 1 radical (unpaired) electrons. The topological polar surface area (TPSA) is 62.7 Å². The minimum absolute atomic E-state index is 0. The normalized spacial score (nSPS) is 12.2. The van der Waals surface area contributed by atoms with Gasteiger partial charge in [0.05, 0.1) is 18.6 Å². The molecule has 0 atom stereocenters. The summed E-state index contributed by atoms with van der Waals surface area (Å²) < 4.78 is 36.5. The molecule has 0 saturated heterocycles. The van der Waals surface area contributed by atoms with Gasteiger partial charge in [-0.25, -0.2) is 0 Å². The second kappa shape index (κ2) is 11.1. The van der Waals surface area contributed by atoms with Crippen LogP contribution in [0.4, 0.5) is 0 Å². The van der Waals surface area contributed by atoms with Gasteiger partial charge in [0, 0.05) is 42.0 Å². The van der Waals surface area contributed by atoms with Gasteiger partial charge in [0.25, 0.3) is 0 Å². The first-order valence-corrected chi connectivity index (χ1v) is 10.9. The predicted molar refractivity (Wildman–Crippen MR) is 138 cm³/mol. The van der Waals surface area contributed by atoms with E-state index in [1.165, 1.54) is 17.8 Å². The number of rotatable bonds is 2. The van der Waals surface area contributed by atoms with Gasteiger partial charge in [0.15, 0.2) is 0 Å². The molecule has 0 N–H and O–H groups in total. The molecule has 36 heavy (non-hydrogen) atoms. The second-order valence-electron chi connectivity index (χ2n) is 7.86. The van der Waals surface area contributed by atoms with E-state index < -0.39 is 6.85 Å². The number of furan rings is 1. The molecular weight excluding hydrogens is 623 g/mol. The molecule has 0 aliphatic rings. The number of pyridine rings is 2. The molecule has 3 heterocycles. The van der Waals surface area contributed by atoms with E-state index in [0.29, 0.717) is 28.0 Å². The summed E-state index contributed by atoms with van der Waals surface area (Å²) in [6, 6.07) is 30.2. The van der Waals surface area contributed by atoms with Gasteiger partial charge in [-0.2, -0.15) is 5.26 Å². The minimum Gasteiger partial charge on any atom is -0.501 e. The van der Waals surface area contributed by atoms with Gasteiger partial charge in [0.1, 0.15) is 5.58 Å². The number of nitriles is 1. The van der Waals surface area contributed by atoms with Gasteiger partial charge < -0.3 is 14.4 Å². The van der Waals surface area contributed by atoms with Gasteiger partial charge in [-0.05, 0) is 48.9 Å². The molecule has 0 saturated carbocycles. The Morgan fingerprint density at radius 1 is 0.944 bits per heavy atom. The van der Waals surface area contributed by atoms with Crippen LogP contribution in [0.3, 0.4) is 0 Å². The molecule has 0 bridgehead atoms. The summed E-state index contributed by atoms with van der Waals surface area (Å²) in [5, 5.41) is 10.7. The Labute approximate surface area is 229 Å². The van der Waals surface area contributed by atoms with Crippen LogP contribution in [0.2, 0.25) is 0 Å². The maximum atomic E-state index is 9.06. The van der Waals surface area contributed by atoms with Crippen molar-refractivity contribution in [2.24, 2.45) is 0 Å². The van der Waals surface area contributed by atoms with Gasteiger partial charge in [-0.3, -0.25) is 0 Å². The number of benzene rings is 3. The van der Waals surface area contributed by atoms with Crippen LogP contribution in [0.1, 0.15) is 22.2 Å². The van der Waals surface area contributed by atoms with Crippen LogP contribution >= 0.6 is 0 Å². The van der Waals surface area contributed by atoms with Crippen molar-refractivity contribution < 1.29 is 30.0 Å². The Hall–Kier alpha value is -4.10. The van der Waals surface area contributed by atoms with E-state index in [9.17, 15) is 0 Å². The summed E-state index contributed by atoms with van der Waals surface area (Å²) in [7, 11) is 0. The number of hydrogen-bond donors (Lipinski definition) is 0. The zero-order chi connectivity index (χ0) is 27.6. The Morgan fingerprint density at radius 3 is 2.61 bits per heavy atom. The molecule has 0 amide bonds. The maximum Gasteiger partial charge on any atom is 0.122 e. The number of fused-ring (bicyclic) bond motifs is 3.